The second-order valence-electron chi connectivity index (χ2n) is 4.92. The monoisotopic (exact) mass is 276 g/mol. The molecule has 0 aliphatic rings. The molecule has 19 heavy (non-hydrogen) atoms. The van der Waals surface area contributed by atoms with E-state index in [4.69, 9.17) is 5.11 Å². The van der Waals surface area contributed by atoms with Crippen molar-refractivity contribution < 1.29 is 15.0 Å². The van der Waals surface area contributed by atoms with Crippen LogP contribution < -0.4 is 0 Å². The zero-order valence-corrected chi connectivity index (χ0v) is 11.9. The molecular formula is C15H16O3S. The van der Waals surface area contributed by atoms with Crippen LogP contribution in [0.1, 0.15) is 38.8 Å². The van der Waals surface area contributed by atoms with Gasteiger partial charge in [0.1, 0.15) is 5.60 Å². The van der Waals surface area contributed by atoms with Crippen molar-refractivity contribution in [3.63, 3.8) is 0 Å². The molecule has 0 fully saturated rings. The lowest BCUT2D eigenvalue weighted by molar-refractivity contribution is 0.0674. The molecule has 100 valence electrons. The van der Waals surface area contributed by atoms with Crippen LogP contribution in [0.25, 0.3) is 0 Å². The van der Waals surface area contributed by atoms with Crippen LogP contribution in [0.4, 0.5) is 0 Å². The first-order valence-corrected chi connectivity index (χ1v) is 6.82. The van der Waals surface area contributed by atoms with E-state index in [-0.39, 0.29) is 5.56 Å². The Kier molecular flexibility index (Phi) is 3.47. The fourth-order valence-corrected chi connectivity index (χ4v) is 3.21. The lowest BCUT2D eigenvalue weighted by atomic mass is 9.90. The predicted octanol–water partition coefficient (Wildman–Crippen LogP) is 3.32. The van der Waals surface area contributed by atoms with Crippen molar-refractivity contribution in [3.8, 4) is 0 Å². The van der Waals surface area contributed by atoms with Gasteiger partial charge >= 0.3 is 5.97 Å². The number of hydrogen-bond donors (Lipinski definition) is 2. The number of carboxylic acids is 1. The first-order chi connectivity index (χ1) is 8.82. The first-order valence-electron chi connectivity index (χ1n) is 5.95. The average Bonchev–Trinajstić information content (AvgIpc) is 2.76. The number of carbonyl (C=O) groups is 1. The van der Waals surface area contributed by atoms with Crippen molar-refractivity contribution in [2.24, 2.45) is 0 Å². The standard InChI is InChI=1S/C15H16O3S/c1-9-6-10(2)8-11(7-9)15(3,18)13-12(14(16)17)4-5-19-13/h4-8,18H,1-3H3,(H,16,17). The van der Waals surface area contributed by atoms with E-state index in [9.17, 15) is 9.90 Å². The molecule has 0 saturated heterocycles. The Morgan fingerprint density at radius 1 is 1.21 bits per heavy atom. The summed E-state index contributed by atoms with van der Waals surface area (Å²) in [5.41, 5.74) is 1.68. The van der Waals surface area contributed by atoms with Crippen molar-refractivity contribution in [2.75, 3.05) is 0 Å². The summed E-state index contributed by atoms with van der Waals surface area (Å²) in [5, 5.41) is 21.6. The first kappa shape index (κ1) is 13.8. The van der Waals surface area contributed by atoms with Crippen LogP contribution in [-0.2, 0) is 5.60 Å². The van der Waals surface area contributed by atoms with E-state index in [1.54, 1.807) is 12.3 Å². The van der Waals surface area contributed by atoms with Gasteiger partial charge in [-0.1, -0.05) is 29.3 Å². The molecule has 3 nitrogen and oxygen atoms in total. The quantitative estimate of drug-likeness (QED) is 0.904. The molecule has 1 atom stereocenters. The van der Waals surface area contributed by atoms with Crippen LogP contribution in [-0.4, -0.2) is 16.2 Å². The van der Waals surface area contributed by atoms with Crippen LogP contribution in [0.2, 0.25) is 0 Å². The highest BCUT2D eigenvalue weighted by Gasteiger charge is 2.32. The minimum Gasteiger partial charge on any atom is -0.478 e. The lowest BCUT2D eigenvalue weighted by Crippen LogP contribution is -2.24. The number of aryl methyl sites for hydroxylation is 2. The SMILES string of the molecule is Cc1cc(C)cc(C(C)(O)c2sccc2C(=O)O)c1. The van der Waals surface area contributed by atoms with E-state index in [0.717, 1.165) is 16.7 Å². The minimum atomic E-state index is -1.29. The third-order valence-electron chi connectivity index (χ3n) is 3.12. The third kappa shape index (κ3) is 2.55. The van der Waals surface area contributed by atoms with Gasteiger partial charge in [-0.25, -0.2) is 4.79 Å². The number of aliphatic hydroxyl groups is 1. The third-order valence-corrected chi connectivity index (χ3v) is 4.25. The average molecular weight is 276 g/mol. The molecule has 0 bridgehead atoms. The van der Waals surface area contributed by atoms with E-state index in [0.29, 0.717) is 4.88 Å². The van der Waals surface area contributed by atoms with Crippen molar-refractivity contribution in [2.45, 2.75) is 26.4 Å². The van der Waals surface area contributed by atoms with Crippen LogP contribution >= 0.6 is 11.3 Å². The Morgan fingerprint density at radius 3 is 2.32 bits per heavy atom. The number of thiophene rings is 1. The second kappa shape index (κ2) is 4.79. The predicted molar refractivity (Wildman–Crippen MR) is 75.9 cm³/mol. The molecule has 4 heteroatoms. The Balaban J connectivity index is 2.58. The molecule has 2 aromatic rings. The maximum atomic E-state index is 11.2. The highest BCUT2D eigenvalue weighted by Crippen LogP contribution is 2.36. The van der Waals surface area contributed by atoms with Crippen molar-refractivity contribution in [1.29, 1.82) is 0 Å². The minimum absolute atomic E-state index is 0.161. The van der Waals surface area contributed by atoms with Crippen molar-refractivity contribution in [3.05, 3.63) is 56.8 Å². The van der Waals surface area contributed by atoms with E-state index in [1.807, 2.05) is 32.0 Å². The van der Waals surface area contributed by atoms with Crippen molar-refractivity contribution >= 4 is 17.3 Å². The molecule has 1 aromatic heterocycles. The highest BCUT2D eigenvalue weighted by atomic mass is 32.1. The van der Waals surface area contributed by atoms with Crippen molar-refractivity contribution in [1.82, 2.24) is 0 Å². The fourth-order valence-electron chi connectivity index (χ4n) is 2.24. The van der Waals surface area contributed by atoms with Gasteiger partial charge in [-0.2, -0.15) is 0 Å². The molecule has 0 amide bonds. The van der Waals surface area contributed by atoms with Crippen LogP contribution in [0.5, 0.6) is 0 Å². The topological polar surface area (TPSA) is 57.5 Å². The molecular weight excluding hydrogens is 260 g/mol. The number of benzene rings is 1. The largest absolute Gasteiger partial charge is 0.478 e. The molecule has 1 heterocycles. The molecule has 1 unspecified atom stereocenters. The van der Waals surface area contributed by atoms with Crippen LogP contribution in [0, 0.1) is 13.8 Å². The molecule has 0 aliphatic carbocycles. The van der Waals surface area contributed by atoms with Gasteiger partial charge in [0.05, 0.1) is 10.4 Å². The van der Waals surface area contributed by atoms with E-state index in [1.165, 1.54) is 17.4 Å². The van der Waals surface area contributed by atoms with Gasteiger partial charge in [-0.15, -0.1) is 11.3 Å². The molecule has 0 radical (unpaired) electrons. The Bertz CT molecular complexity index is 606. The number of hydrogen-bond acceptors (Lipinski definition) is 3. The van der Waals surface area contributed by atoms with E-state index >= 15 is 0 Å². The smallest absolute Gasteiger partial charge is 0.336 e. The maximum absolute atomic E-state index is 11.2. The molecule has 0 aliphatic heterocycles. The zero-order chi connectivity index (χ0) is 14.2. The maximum Gasteiger partial charge on any atom is 0.336 e. The van der Waals surface area contributed by atoms with Crippen LogP contribution in [0.3, 0.4) is 0 Å². The van der Waals surface area contributed by atoms with E-state index in [2.05, 4.69) is 0 Å². The van der Waals surface area contributed by atoms with Gasteiger partial charge in [0, 0.05) is 0 Å². The second-order valence-corrected chi connectivity index (χ2v) is 5.83. The molecule has 1 aromatic carbocycles. The summed E-state index contributed by atoms with van der Waals surface area (Å²) in [4.78, 5) is 11.7. The number of carboxylic acid groups (broad SMARTS) is 1. The number of rotatable bonds is 3. The summed E-state index contributed by atoms with van der Waals surface area (Å²) in [6.45, 7) is 5.55. The Hall–Kier alpha value is -1.65. The fraction of sp³-hybridized carbons (Fsp3) is 0.267. The Morgan fingerprint density at radius 2 is 1.79 bits per heavy atom. The van der Waals surface area contributed by atoms with Crippen LogP contribution in [0.15, 0.2) is 29.6 Å². The molecule has 0 saturated carbocycles. The Labute approximate surface area is 116 Å². The van der Waals surface area contributed by atoms with Gasteiger partial charge in [-0.05, 0) is 37.8 Å². The molecule has 2 rings (SSSR count). The zero-order valence-electron chi connectivity index (χ0n) is 11.1. The lowest BCUT2D eigenvalue weighted by Gasteiger charge is -2.24. The van der Waals surface area contributed by atoms with Gasteiger partial charge in [-0.3, -0.25) is 0 Å². The summed E-state index contributed by atoms with van der Waals surface area (Å²) in [5.74, 6) is -1.01. The summed E-state index contributed by atoms with van der Waals surface area (Å²) in [7, 11) is 0. The summed E-state index contributed by atoms with van der Waals surface area (Å²) in [6, 6.07) is 7.32. The van der Waals surface area contributed by atoms with Gasteiger partial charge < -0.3 is 10.2 Å². The normalized spacial score (nSPS) is 14.1. The summed E-state index contributed by atoms with van der Waals surface area (Å²) >= 11 is 1.26. The van der Waals surface area contributed by atoms with Gasteiger partial charge in [0.2, 0.25) is 0 Å². The van der Waals surface area contributed by atoms with Gasteiger partial charge in [0.15, 0.2) is 0 Å². The molecule has 0 spiro atoms. The molecule has 2 N–H and O–H groups in total. The summed E-state index contributed by atoms with van der Waals surface area (Å²) < 4.78 is 0. The van der Waals surface area contributed by atoms with E-state index < -0.39 is 11.6 Å². The summed E-state index contributed by atoms with van der Waals surface area (Å²) in [6.07, 6.45) is 0. The highest BCUT2D eigenvalue weighted by molar-refractivity contribution is 7.10. The number of aromatic carboxylic acids is 1. The van der Waals surface area contributed by atoms with Gasteiger partial charge in [0.25, 0.3) is 0 Å².